The van der Waals surface area contributed by atoms with E-state index in [4.69, 9.17) is 13.5 Å². The van der Waals surface area contributed by atoms with Gasteiger partial charge in [-0.05, 0) is 61.0 Å². The van der Waals surface area contributed by atoms with Crippen molar-refractivity contribution in [2.75, 3.05) is 12.4 Å². The van der Waals surface area contributed by atoms with E-state index < -0.39 is 18.1 Å². The molecule has 33 heavy (non-hydrogen) atoms. The van der Waals surface area contributed by atoms with Gasteiger partial charge in [0.25, 0.3) is 12.3 Å². The molecular formula is C23H18F2N2O5S. The number of carbonyl (C=O) groups excluding carboxylic acids is 1. The minimum Gasteiger partial charge on any atom is -0.457 e. The summed E-state index contributed by atoms with van der Waals surface area (Å²) in [5.41, 5.74) is 1.21. The molecule has 0 fully saturated rings. The topological polar surface area (TPSA) is 82.8 Å². The number of aryl methyl sites for hydroxylation is 1. The average molecular weight is 472 g/mol. The third-order valence-corrected chi connectivity index (χ3v) is 5.17. The van der Waals surface area contributed by atoms with Gasteiger partial charge in [0.1, 0.15) is 22.9 Å². The lowest BCUT2D eigenvalue weighted by atomic mass is 10.1. The number of carbonyl (C=O) groups is 1. The molecule has 7 nitrogen and oxygen atoms in total. The number of benzene rings is 2. The predicted molar refractivity (Wildman–Crippen MR) is 119 cm³/mol. The first-order chi connectivity index (χ1) is 15.9. The Bertz CT molecular complexity index is 1260. The van der Waals surface area contributed by atoms with Crippen molar-refractivity contribution in [3.05, 3.63) is 77.7 Å². The standard InChI is InChI=1S/C23H18F2N2O5S/c1-13-3-8-21(26-12-13)27-23(28)14-9-18(17-11-20(22(24)25)31-19(17)10-14)30-15-4-6-16(7-5-15)33-32-29-2/h3-12,22H,1-2H3,(H,26,27,28). The summed E-state index contributed by atoms with van der Waals surface area (Å²) in [6.07, 6.45) is -1.19. The molecule has 0 saturated heterocycles. The normalized spacial score (nSPS) is 11.2. The molecule has 2 heterocycles. The van der Waals surface area contributed by atoms with Crippen LogP contribution in [0.15, 0.2) is 70.1 Å². The van der Waals surface area contributed by atoms with Crippen LogP contribution in [0.2, 0.25) is 0 Å². The van der Waals surface area contributed by atoms with Gasteiger partial charge < -0.3 is 14.5 Å². The molecule has 0 unspecified atom stereocenters. The molecule has 0 aliphatic rings. The Kier molecular flexibility index (Phi) is 6.87. The molecule has 0 radical (unpaired) electrons. The highest BCUT2D eigenvalue weighted by Gasteiger charge is 2.20. The van der Waals surface area contributed by atoms with Gasteiger partial charge in [-0.15, -0.1) is 0 Å². The molecular weight excluding hydrogens is 454 g/mol. The zero-order valence-electron chi connectivity index (χ0n) is 17.5. The monoisotopic (exact) mass is 472 g/mol. The van der Waals surface area contributed by atoms with Crippen LogP contribution in [-0.4, -0.2) is 18.0 Å². The third-order valence-electron chi connectivity index (χ3n) is 4.50. The van der Waals surface area contributed by atoms with Crippen molar-refractivity contribution in [2.24, 2.45) is 0 Å². The van der Waals surface area contributed by atoms with Gasteiger partial charge in [-0.1, -0.05) is 6.07 Å². The van der Waals surface area contributed by atoms with Crippen molar-refractivity contribution in [2.45, 2.75) is 18.2 Å². The Morgan fingerprint density at radius 3 is 2.58 bits per heavy atom. The van der Waals surface area contributed by atoms with Gasteiger partial charge in [0.05, 0.1) is 24.5 Å². The minimum atomic E-state index is -2.81. The van der Waals surface area contributed by atoms with Gasteiger partial charge in [0, 0.05) is 16.7 Å². The lowest BCUT2D eigenvalue weighted by Crippen LogP contribution is -2.13. The van der Waals surface area contributed by atoms with Crippen LogP contribution in [0.1, 0.15) is 28.1 Å². The van der Waals surface area contributed by atoms with Crippen LogP contribution < -0.4 is 10.1 Å². The van der Waals surface area contributed by atoms with Gasteiger partial charge in [-0.25, -0.2) is 18.7 Å². The fourth-order valence-corrected chi connectivity index (χ4v) is 3.34. The van der Waals surface area contributed by atoms with E-state index in [9.17, 15) is 13.6 Å². The molecule has 10 heteroatoms. The fraction of sp³-hybridized carbons (Fsp3) is 0.130. The number of nitrogens with one attached hydrogen (secondary N) is 1. The van der Waals surface area contributed by atoms with Gasteiger partial charge in [0.2, 0.25) is 0 Å². The summed E-state index contributed by atoms with van der Waals surface area (Å²) >= 11 is 1.02. The smallest absolute Gasteiger partial charge is 0.295 e. The van der Waals surface area contributed by atoms with Crippen LogP contribution in [0.3, 0.4) is 0 Å². The lowest BCUT2D eigenvalue weighted by Gasteiger charge is -2.10. The molecule has 170 valence electrons. The maximum Gasteiger partial charge on any atom is 0.295 e. The molecule has 0 spiro atoms. The Hall–Kier alpha value is -3.47. The summed E-state index contributed by atoms with van der Waals surface area (Å²) in [6, 6.07) is 14.3. The van der Waals surface area contributed by atoms with Crippen molar-refractivity contribution < 1.29 is 32.0 Å². The molecule has 0 atom stereocenters. The minimum absolute atomic E-state index is 0.102. The number of amides is 1. The Labute approximate surface area is 191 Å². The highest BCUT2D eigenvalue weighted by atomic mass is 32.2. The van der Waals surface area contributed by atoms with Crippen LogP contribution >= 0.6 is 12.0 Å². The molecule has 0 bridgehead atoms. The van der Waals surface area contributed by atoms with E-state index in [0.717, 1.165) is 22.5 Å². The van der Waals surface area contributed by atoms with Crippen LogP contribution in [-0.2, 0) is 9.22 Å². The second-order valence-electron chi connectivity index (χ2n) is 6.90. The number of alkyl halides is 2. The third kappa shape index (κ3) is 5.48. The summed E-state index contributed by atoms with van der Waals surface area (Å²) < 4.78 is 42.5. The van der Waals surface area contributed by atoms with Crippen LogP contribution in [0.4, 0.5) is 14.6 Å². The van der Waals surface area contributed by atoms with E-state index in [-0.39, 0.29) is 16.9 Å². The van der Waals surface area contributed by atoms with E-state index >= 15 is 0 Å². The maximum atomic E-state index is 13.2. The zero-order valence-corrected chi connectivity index (χ0v) is 18.3. The number of hydrogen-bond acceptors (Lipinski definition) is 7. The molecule has 4 aromatic rings. The van der Waals surface area contributed by atoms with E-state index in [1.54, 1.807) is 42.6 Å². The molecule has 0 aliphatic heterocycles. The lowest BCUT2D eigenvalue weighted by molar-refractivity contribution is -0.160. The first kappa shape index (κ1) is 22.7. The summed E-state index contributed by atoms with van der Waals surface area (Å²) in [4.78, 5) is 22.3. The van der Waals surface area contributed by atoms with Crippen LogP contribution in [0.5, 0.6) is 11.5 Å². The second-order valence-corrected chi connectivity index (χ2v) is 7.68. The van der Waals surface area contributed by atoms with Gasteiger partial charge in [-0.3, -0.25) is 4.79 Å². The number of anilines is 1. The Morgan fingerprint density at radius 2 is 1.91 bits per heavy atom. The van der Waals surface area contributed by atoms with Crippen molar-refractivity contribution in [1.29, 1.82) is 0 Å². The predicted octanol–water partition coefficient (Wildman–Crippen LogP) is 6.70. The summed E-state index contributed by atoms with van der Waals surface area (Å²) in [5.74, 6) is -0.0331. The van der Waals surface area contributed by atoms with E-state index in [0.29, 0.717) is 17.0 Å². The zero-order chi connectivity index (χ0) is 23.4. The average Bonchev–Trinajstić information content (AvgIpc) is 3.25. The number of pyridine rings is 1. The number of furan rings is 1. The van der Waals surface area contributed by atoms with Gasteiger partial charge in [-0.2, -0.15) is 4.33 Å². The Balaban J connectivity index is 1.66. The van der Waals surface area contributed by atoms with Crippen molar-refractivity contribution in [3.8, 4) is 11.5 Å². The maximum absolute atomic E-state index is 13.2. The number of nitrogens with zero attached hydrogens (tertiary/aromatic N) is 1. The molecule has 0 aliphatic carbocycles. The second kappa shape index (κ2) is 9.99. The van der Waals surface area contributed by atoms with Crippen LogP contribution in [0.25, 0.3) is 11.0 Å². The SMILES string of the molecule is COOSc1ccc(Oc2cc(C(=O)Nc3ccc(C)cn3)cc3oc(C(F)F)cc23)cc1. The van der Waals surface area contributed by atoms with Crippen molar-refractivity contribution in [1.82, 2.24) is 4.98 Å². The summed E-state index contributed by atoms with van der Waals surface area (Å²) in [6.45, 7) is 1.88. The first-order valence-electron chi connectivity index (χ1n) is 9.68. The summed E-state index contributed by atoms with van der Waals surface area (Å²) in [5, 5.41) is 2.99. The highest BCUT2D eigenvalue weighted by Crippen LogP contribution is 2.37. The Morgan fingerprint density at radius 1 is 1.12 bits per heavy atom. The first-order valence-corrected chi connectivity index (χ1v) is 10.4. The van der Waals surface area contributed by atoms with E-state index in [2.05, 4.69) is 15.2 Å². The molecule has 2 aromatic carbocycles. The van der Waals surface area contributed by atoms with E-state index in [1.807, 2.05) is 6.92 Å². The molecule has 1 amide bonds. The van der Waals surface area contributed by atoms with Crippen LogP contribution in [0, 0.1) is 6.92 Å². The number of rotatable bonds is 8. The van der Waals surface area contributed by atoms with Gasteiger partial charge >= 0.3 is 0 Å². The number of hydrogen-bond donors (Lipinski definition) is 1. The van der Waals surface area contributed by atoms with Crippen molar-refractivity contribution in [3.63, 3.8) is 0 Å². The molecule has 2 aromatic heterocycles. The highest BCUT2D eigenvalue weighted by molar-refractivity contribution is 7.94. The van der Waals surface area contributed by atoms with Gasteiger partial charge in [0.15, 0.2) is 5.76 Å². The van der Waals surface area contributed by atoms with E-state index in [1.165, 1.54) is 25.3 Å². The molecule has 1 N–H and O–H groups in total. The van der Waals surface area contributed by atoms with Crippen molar-refractivity contribution >= 4 is 34.7 Å². The molecule has 4 rings (SSSR count). The molecule has 0 saturated carbocycles. The number of halogens is 2. The number of fused-ring (bicyclic) bond motifs is 1. The number of aromatic nitrogens is 1. The largest absolute Gasteiger partial charge is 0.457 e. The quantitative estimate of drug-likeness (QED) is 0.173. The fourth-order valence-electron chi connectivity index (χ4n) is 2.94. The summed E-state index contributed by atoms with van der Waals surface area (Å²) in [7, 11) is 1.40. The number of ether oxygens (including phenoxy) is 1.